The third-order valence-corrected chi connectivity index (χ3v) is 2.60. The van der Waals surface area contributed by atoms with E-state index in [1.807, 2.05) is 27.7 Å². The van der Waals surface area contributed by atoms with Gasteiger partial charge in [-0.05, 0) is 27.7 Å². The van der Waals surface area contributed by atoms with Crippen molar-refractivity contribution in [1.82, 2.24) is 10.3 Å². The molecule has 0 aromatic carbocycles. The van der Waals surface area contributed by atoms with Gasteiger partial charge in [0.1, 0.15) is 5.76 Å². The number of esters is 1. The van der Waals surface area contributed by atoms with Gasteiger partial charge >= 0.3 is 5.97 Å². The molecule has 1 atom stereocenters. The molecule has 0 radical (unpaired) electrons. The van der Waals surface area contributed by atoms with Gasteiger partial charge in [0.2, 0.25) is 5.89 Å². The van der Waals surface area contributed by atoms with Gasteiger partial charge in [-0.1, -0.05) is 0 Å². The van der Waals surface area contributed by atoms with Crippen LogP contribution in [0.5, 0.6) is 0 Å². The highest BCUT2D eigenvalue weighted by atomic mass is 16.5. The fourth-order valence-corrected chi connectivity index (χ4v) is 1.42. The molecule has 17 heavy (non-hydrogen) atoms. The van der Waals surface area contributed by atoms with Crippen molar-refractivity contribution >= 4 is 5.97 Å². The molecule has 1 rings (SSSR count). The lowest BCUT2D eigenvalue weighted by molar-refractivity contribution is -0.150. The van der Waals surface area contributed by atoms with E-state index in [9.17, 15) is 4.79 Å². The number of ether oxygens (including phenoxy) is 1. The molecule has 1 N–H and O–H groups in total. The van der Waals surface area contributed by atoms with Gasteiger partial charge < -0.3 is 14.5 Å². The second kappa shape index (κ2) is 5.31. The molecule has 0 bridgehead atoms. The summed E-state index contributed by atoms with van der Waals surface area (Å²) in [6, 6.07) is -0.0346. The van der Waals surface area contributed by atoms with Crippen LogP contribution in [0, 0.1) is 12.3 Å². The zero-order valence-electron chi connectivity index (χ0n) is 11.0. The summed E-state index contributed by atoms with van der Waals surface area (Å²) in [6.07, 6.45) is 1.68. The largest absolute Gasteiger partial charge is 0.469 e. The normalized spacial score (nSPS) is 13.5. The van der Waals surface area contributed by atoms with Gasteiger partial charge in [-0.25, -0.2) is 4.98 Å². The molecule has 5 nitrogen and oxygen atoms in total. The maximum absolute atomic E-state index is 11.5. The summed E-state index contributed by atoms with van der Waals surface area (Å²) in [7, 11) is 1.39. The first-order valence-corrected chi connectivity index (χ1v) is 5.61. The second-order valence-electron chi connectivity index (χ2n) is 4.79. The highest BCUT2D eigenvalue weighted by molar-refractivity contribution is 5.76. The maximum Gasteiger partial charge on any atom is 0.312 e. The fourth-order valence-electron chi connectivity index (χ4n) is 1.42. The molecule has 0 fully saturated rings. The lowest BCUT2D eigenvalue weighted by atomic mass is 9.93. The molecule has 0 spiro atoms. The molecule has 0 amide bonds. The maximum atomic E-state index is 11.5. The van der Waals surface area contributed by atoms with Crippen LogP contribution in [0.25, 0.3) is 0 Å². The number of aryl methyl sites for hydroxylation is 1. The summed E-state index contributed by atoms with van der Waals surface area (Å²) < 4.78 is 10.1. The molecule has 0 aliphatic carbocycles. The molecular formula is C12H20N2O3. The van der Waals surface area contributed by atoms with Crippen LogP contribution in [-0.2, 0) is 9.53 Å². The van der Waals surface area contributed by atoms with Gasteiger partial charge in [0, 0.05) is 6.54 Å². The number of nitrogens with zero attached hydrogens (tertiary/aromatic N) is 1. The van der Waals surface area contributed by atoms with E-state index in [1.54, 1.807) is 6.20 Å². The zero-order valence-corrected chi connectivity index (χ0v) is 11.0. The van der Waals surface area contributed by atoms with E-state index < -0.39 is 5.41 Å². The molecule has 1 aromatic heterocycles. The lowest BCUT2D eigenvalue weighted by Gasteiger charge is -2.23. The number of rotatable bonds is 5. The average Bonchev–Trinajstić information content (AvgIpc) is 2.71. The van der Waals surface area contributed by atoms with Crippen LogP contribution < -0.4 is 5.32 Å². The Balaban J connectivity index is 2.53. The Morgan fingerprint density at radius 2 is 2.29 bits per heavy atom. The molecule has 96 valence electrons. The Hall–Kier alpha value is -1.36. The Morgan fingerprint density at radius 1 is 1.65 bits per heavy atom. The predicted molar refractivity (Wildman–Crippen MR) is 63.5 cm³/mol. The van der Waals surface area contributed by atoms with Crippen LogP contribution in [0.2, 0.25) is 0 Å². The quantitative estimate of drug-likeness (QED) is 0.795. The first-order chi connectivity index (χ1) is 7.86. The molecule has 1 heterocycles. The van der Waals surface area contributed by atoms with E-state index in [0.717, 1.165) is 5.76 Å². The van der Waals surface area contributed by atoms with Crippen LogP contribution in [0.3, 0.4) is 0 Å². The third kappa shape index (κ3) is 3.56. The van der Waals surface area contributed by atoms with Crippen molar-refractivity contribution < 1.29 is 13.9 Å². The average molecular weight is 240 g/mol. The molecule has 1 unspecified atom stereocenters. The van der Waals surface area contributed by atoms with Crippen LogP contribution >= 0.6 is 0 Å². The number of nitrogens with one attached hydrogen (secondary N) is 1. The first-order valence-electron chi connectivity index (χ1n) is 5.61. The summed E-state index contributed by atoms with van der Waals surface area (Å²) in [4.78, 5) is 15.6. The van der Waals surface area contributed by atoms with E-state index in [-0.39, 0.29) is 12.0 Å². The minimum atomic E-state index is -0.565. The molecule has 0 aliphatic rings. The van der Waals surface area contributed by atoms with Gasteiger partial charge in [0.15, 0.2) is 0 Å². The highest BCUT2D eigenvalue weighted by Gasteiger charge is 2.29. The SMILES string of the molecule is COC(=O)C(C)(C)CNC(C)c1ncc(C)o1. The molecule has 0 saturated carbocycles. The van der Waals surface area contributed by atoms with Crippen LogP contribution in [0.4, 0.5) is 0 Å². The number of carbonyl (C=O) groups is 1. The first kappa shape index (κ1) is 13.7. The minimum Gasteiger partial charge on any atom is -0.469 e. The van der Waals surface area contributed by atoms with E-state index in [1.165, 1.54) is 7.11 Å². The van der Waals surface area contributed by atoms with Crippen molar-refractivity contribution in [3.05, 3.63) is 17.8 Å². The summed E-state index contributed by atoms with van der Waals surface area (Å²) in [5.74, 6) is 1.17. The number of hydrogen-bond donors (Lipinski definition) is 1. The van der Waals surface area contributed by atoms with E-state index in [0.29, 0.717) is 12.4 Å². The second-order valence-corrected chi connectivity index (χ2v) is 4.79. The smallest absolute Gasteiger partial charge is 0.312 e. The predicted octanol–water partition coefficient (Wildman–Crippen LogP) is 1.83. The number of aromatic nitrogens is 1. The zero-order chi connectivity index (χ0) is 13.1. The van der Waals surface area contributed by atoms with Crippen LogP contribution in [0.1, 0.15) is 38.5 Å². The highest BCUT2D eigenvalue weighted by Crippen LogP contribution is 2.18. The van der Waals surface area contributed by atoms with E-state index in [2.05, 4.69) is 10.3 Å². The van der Waals surface area contributed by atoms with Crippen molar-refractivity contribution in [3.8, 4) is 0 Å². The molecule has 5 heteroatoms. The summed E-state index contributed by atoms with van der Waals surface area (Å²) in [5.41, 5.74) is -0.565. The summed E-state index contributed by atoms with van der Waals surface area (Å²) in [5, 5.41) is 3.21. The Bertz CT molecular complexity index is 385. The summed E-state index contributed by atoms with van der Waals surface area (Å²) >= 11 is 0. The van der Waals surface area contributed by atoms with Gasteiger partial charge in [0.05, 0.1) is 24.8 Å². The van der Waals surface area contributed by atoms with Gasteiger partial charge in [0.25, 0.3) is 0 Å². The Morgan fingerprint density at radius 3 is 2.76 bits per heavy atom. The fraction of sp³-hybridized carbons (Fsp3) is 0.667. The number of carbonyl (C=O) groups excluding carboxylic acids is 1. The minimum absolute atomic E-state index is 0.0346. The van der Waals surface area contributed by atoms with Crippen molar-refractivity contribution in [2.24, 2.45) is 5.41 Å². The van der Waals surface area contributed by atoms with Crippen LogP contribution in [0.15, 0.2) is 10.6 Å². The number of oxazole rings is 1. The number of hydrogen-bond acceptors (Lipinski definition) is 5. The van der Waals surface area contributed by atoms with Gasteiger partial charge in [-0.15, -0.1) is 0 Å². The number of methoxy groups -OCH3 is 1. The van der Waals surface area contributed by atoms with Crippen molar-refractivity contribution in [2.75, 3.05) is 13.7 Å². The molecule has 1 aromatic rings. The third-order valence-electron chi connectivity index (χ3n) is 2.60. The Labute approximate surface area is 102 Å². The van der Waals surface area contributed by atoms with E-state index >= 15 is 0 Å². The topological polar surface area (TPSA) is 64.4 Å². The lowest BCUT2D eigenvalue weighted by Crippen LogP contribution is -2.38. The van der Waals surface area contributed by atoms with E-state index in [4.69, 9.17) is 9.15 Å². The van der Waals surface area contributed by atoms with Crippen molar-refractivity contribution in [1.29, 1.82) is 0 Å². The van der Waals surface area contributed by atoms with Crippen molar-refractivity contribution in [3.63, 3.8) is 0 Å². The monoisotopic (exact) mass is 240 g/mol. The Kier molecular flexibility index (Phi) is 4.28. The molecule has 0 saturated heterocycles. The van der Waals surface area contributed by atoms with Gasteiger partial charge in [-0.2, -0.15) is 0 Å². The molecule has 0 aliphatic heterocycles. The van der Waals surface area contributed by atoms with Crippen molar-refractivity contribution in [2.45, 2.75) is 33.7 Å². The summed E-state index contributed by atoms with van der Waals surface area (Å²) in [6.45, 7) is 7.96. The van der Waals surface area contributed by atoms with Gasteiger partial charge in [-0.3, -0.25) is 4.79 Å². The molecular weight excluding hydrogens is 220 g/mol. The van der Waals surface area contributed by atoms with Crippen LogP contribution in [-0.4, -0.2) is 24.6 Å². The standard InChI is InChI=1S/C12H20N2O3/c1-8-6-13-10(17-8)9(2)14-7-12(3,4)11(15)16-5/h6,9,14H,7H2,1-5H3.